The second-order valence-corrected chi connectivity index (χ2v) is 5.71. The summed E-state index contributed by atoms with van der Waals surface area (Å²) in [5.74, 6) is 0.743. The topological polar surface area (TPSA) is 62.1 Å². The minimum Gasteiger partial charge on any atom is -0.483 e. The Morgan fingerprint density at radius 2 is 2.24 bits per heavy atom. The summed E-state index contributed by atoms with van der Waals surface area (Å²) in [6.07, 6.45) is 4.79. The molecule has 2 aliphatic rings. The van der Waals surface area contributed by atoms with E-state index >= 15 is 0 Å². The molecule has 112 valence electrons. The molecule has 2 aliphatic carbocycles. The van der Waals surface area contributed by atoms with Gasteiger partial charge < -0.3 is 14.8 Å². The molecule has 5 heteroatoms. The fourth-order valence-corrected chi connectivity index (χ4v) is 2.81. The lowest BCUT2D eigenvalue weighted by Gasteiger charge is -2.21. The van der Waals surface area contributed by atoms with Crippen LogP contribution in [0.4, 0.5) is 0 Å². The summed E-state index contributed by atoms with van der Waals surface area (Å²) in [5, 5.41) is 12.4. The van der Waals surface area contributed by atoms with Crippen LogP contribution in [0.15, 0.2) is 23.4 Å². The highest BCUT2D eigenvalue weighted by Crippen LogP contribution is 2.30. The van der Waals surface area contributed by atoms with Crippen LogP contribution in [-0.2, 0) is 11.2 Å². The number of oxime groups is 1. The van der Waals surface area contributed by atoms with Gasteiger partial charge in [-0.1, -0.05) is 17.3 Å². The number of carbonyl (C=O) groups is 1. The van der Waals surface area contributed by atoms with Crippen molar-refractivity contribution in [3.8, 4) is 5.75 Å². The highest BCUT2D eigenvalue weighted by Gasteiger charge is 2.29. The summed E-state index contributed by atoms with van der Waals surface area (Å²) in [4.78, 5) is 13.8. The predicted molar refractivity (Wildman–Crippen MR) is 79.0 cm³/mol. The van der Waals surface area contributed by atoms with Crippen LogP contribution in [0.2, 0.25) is 0 Å². The van der Waals surface area contributed by atoms with Gasteiger partial charge in [-0.15, -0.1) is 0 Å². The van der Waals surface area contributed by atoms with Crippen molar-refractivity contribution in [2.45, 2.75) is 38.1 Å². The van der Waals surface area contributed by atoms with Gasteiger partial charge in [-0.25, -0.2) is 0 Å². The number of fused-ring (bicyclic) bond motifs is 1. The minimum atomic E-state index is 0.0157. The quantitative estimate of drug-likeness (QED) is 0.682. The van der Waals surface area contributed by atoms with Crippen molar-refractivity contribution < 1.29 is 14.7 Å². The van der Waals surface area contributed by atoms with Crippen molar-refractivity contribution in [3.63, 3.8) is 0 Å². The molecule has 0 unspecified atom stereocenters. The smallest absolute Gasteiger partial charge is 0.260 e. The van der Waals surface area contributed by atoms with Crippen LogP contribution in [0.3, 0.4) is 0 Å². The Balaban J connectivity index is 1.72. The Morgan fingerprint density at radius 3 is 2.95 bits per heavy atom. The van der Waals surface area contributed by atoms with E-state index in [9.17, 15) is 4.79 Å². The number of rotatable bonds is 4. The predicted octanol–water partition coefficient (Wildman–Crippen LogP) is 2.20. The Bertz CT molecular complexity index is 579. The summed E-state index contributed by atoms with van der Waals surface area (Å²) in [7, 11) is 1.83. The van der Waals surface area contributed by atoms with Gasteiger partial charge in [0.2, 0.25) is 0 Å². The number of likely N-dealkylation sites (N-methyl/N-ethyl adjacent to an activating group) is 1. The first-order valence-electron chi connectivity index (χ1n) is 7.42. The molecule has 1 saturated carbocycles. The molecule has 0 heterocycles. The van der Waals surface area contributed by atoms with Gasteiger partial charge in [-0.3, -0.25) is 4.79 Å². The zero-order valence-electron chi connectivity index (χ0n) is 12.2. The van der Waals surface area contributed by atoms with E-state index in [4.69, 9.17) is 9.94 Å². The van der Waals surface area contributed by atoms with Gasteiger partial charge in [0.25, 0.3) is 5.91 Å². The lowest BCUT2D eigenvalue weighted by Crippen LogP contribution is -2.33. The average Bonchev–Trinajstić information content (AvgIpc) is 3.36. The molecule has 0 spiro atoms. The zero-order chi connectivity index (χ0) is 14.8. The van der Waals surface area contributed by atoms with Crippen LogP contribution in [0.25, 0.3) is 0 Å². The van der Waals surface area contributed by atoms with E-state index in [-0.39, 0.29) is 12.5 Å². The van der Waals surface area contributed by atoms with Crippen LogP contribution in [-0.4, -0.2) is 41.4 Å². The third-order valence-electron chi connectivity index (χ3n) is 4.24. The van der Waals surface area contributed by atoms with Gasteiger partial charge >= 0.3 is 0 Å². The van der Waals surface area contributed by atoms with Crippen molar-refractivity contribution in [2.75, 3.05) is 13.7 Å². The number of benzene rings is 1. The molecule has 1 amide bonds. The highest BCUT2D eigenvalue weighted by molar-refractivity contribution is 6.02. The lowest BCUT2D eigenvalue weighted by molar-refractivity contribution is -0.132. The van der Waals surface area contributed by atoms with Crippen LogP contribution in [0.1, 0.15) is 36.8 Å². The number of ether oxygens (including phenoxy) is 1. The molecule has 0 aliphatic heterocycles. The van der Waals surface area contributed by atoms with Gasteiger partial charge in [-0.05, 0) is 38.2 Å². The summed E-state index contributed by atoms with van der Waals surface area (Å²) >= 11 is 0. The summed E-state index contributed by atoms with van der Waals surface area (Å²) in [6, 6.07) is 6.09. The van der Waals surface area contributed by atoms with Gasteiger partial charge in [-0.2, -0.15) is 0 Å². The van der Waals surface area contributed by atoms with Gasteiger partial charge in [0.05, 0.1) is 5.71 Å². The van der Waals surface area contributed by atoms with E-state index < -0.39 is 0 Å². The van der Waals surface area contributed by atoms with Crippen molar-refractivity contribution in [2.24, 2.45) is 5.16 Å². The molecular formula is C16H20N2O3. The fraction of sp³-hybridized carbons (Fsp3) is 0.500. The maximum absolute atomic E-state index is 12.0. The standard InChI is InChI=1S/C16H20N2O3/c1-18(11-8-9-11)16(19)10-21-15-7-3-4-12-13(15)5-2-6-14(12)17-20/h3-4,7,11,20H,2,5-6,8-10H2,1H3. The van der Waals surface area contributed by atoms with Crippen LogP contribution in [0, 0.1) is 0 Å². The second-order valence-electron chi connectivity index (χ2n) is 5.71. The Labute approximate surface area is 124 Å². The molecule has 5 nitrogen and oxygen atoms in total. The fourth-order valence-electron chi connectivity index (χ4n) is 2.81. The van der Waals surface area contributed by atoms with E-state index in [1.165, 1.54) is 0 Å². The molecular weight excluding hydrogens is 268 g/mol. The van der Waals surface area contributed by atoms with E-state index in [2.05, 4.69) is 5.16 Å². The van der Waals surface area contributed by atoms with Crippen molar-refractivity contribution in [1.29, 1.82) is 0 Å². The van der Waals surface area contributed by atoms with Crippen molar-refractivity contribution in [1.82, 2.24) is 4.90 Å². The van der Waals surface area contributed by atoms with Gasteiger partial charge in [0, 0.05) is 24.2 Å². The number of nitrogens with zero attached hydrogens (tertiary/aromatic N) is 2. The van der Waals surface area contributed by atoms with Crippen LogP contribution in [0.5, 0.6) is 5.75 Å². The number of hydrogen-bond acceptors (Lipinski definition) is 4. The van der Waals surface area contributed by atoms with E-state index in [1.807, 2.05) is 25.2 Å². The number of hydrogen-bond donors (Lipinski definition) is 1. The normalized spacial score (nSPS) is 19.2. The molecule has 0 saturated heterocycles. The molecule has 0 atom stereocenters. The van der Waals surface area contributed by atoms with E-state index in [0.29, 0.717) is 11.8 Å². The maximum atomic E-state index is 12.0. The van der Waals surface area contributed by atoms with Gasteiger partial charge in [0.1, 0.15) is 5.75 Å². The van der Waals surface area contributed by atoms with E-state index in [1.54, 1.807) is 4.90 Å². The largest absolute Gasteiger partial charge is 0.483 e. The molecule has 0 aromatic heterocycles. The molecule has 21 heavy (non-hydrogen) atoms. The Hall–Kier alpha value is -2.04. The lowest BCUT2D eigenvalue weighted by atomic mass is 9.89. The summed E-state index contributed by atoms with van der Waals surface area (Å²) in [5.41, 5.74) is 2.67. The number of carbonyl (C=O) groups excluding carboxylic acids is 1. The third kappa shape index (κ3) is 2.86. The first-order chi connectivity index (χ1) is 10.2. The third-order valence-corrected chi connectivity index (χ3v) is 4.24. The first kappa shape index (κ1) is 13.9. The Kier molecular flexibility index (Phi) is 3.82. The van der Waals surface area contributed by atoms with Crippen LogP contribution >= 0.6 is 0 Å². The molecule has 1 N–H and O–H groups in total. The summed E-state index contributed by atoms with van der Waals surface area (Å²) < 4.78 is 5.73. The highest BCUT2D eigenvalue weighted by atomic mass is 16.5. The number of amides is 1. The molecule has 1 aromatic carbocycles. The monoisotopic (exact) mass is 288 g/mol. The molecule has 0 radical (unpaired) electrons. The minimum absolute atomic E-state index is 0.0157. The SMILES string of the molecule is CN(C(=O)COc1cccc2c1CCCC2=NO)C1CC1. The second kappa shape index (κ2) is 5.76. The Morgan fingerprint density at radius 1 is 1.43 bits per heavy atom. The van der Waals surface area contributed by atoms with Crippen molar-refractivity contribution in [3.05, 3.63) is 29.3 Å². The zero-order valence-corrected chi connectivity index (χ0v) is 12.2. The summed E-state index contributed by atoms with van der Waals surface area (Å²) in [6.45, 7) is 0.0645. The molecule has 1 fully saturated rings. The average molecular weight is 288 g/mol. The van der Waals surface area contributed by atoms with Gasteiger partial charge in [0.15, 0.2) is 6.61 Å². The van der Waals surface area contributed by atoms with Crippen LogP contribution < -0.4 is 4.74 Å². The first-order valence-corrected chi connectivity index (χ1v) is 7.42. The molecule has 1 aromatic rings. The van der Waals surface area contributed by atoms with Crippen molar-refractivity contribution >= 4 is 11.6 Å². The molecule has 0 bridgehead atoms. The van der Waals surface area contributed by atoms with E-state index in [0.717, 1.165) is 49.0 Å². The maximum Gasteiger partial charge on any atom is 0.260 e. The molecule has 3 rings (SSSR count).